The Morgan fingerprint density at radius 3 is 2.59 bits per heavy atom. The van der Waals surface area contributed by atoms with Gasteiger partial charge in [0.15, 0.2) is 0 Å². The first-order valence-electron chi connectivity index (χ1n) is 4.87. The number of thiophene rings is 1. The fourth-order valence-electron chi connectivity index (χ4n) is 1.27. The zero-order valence-electron chi connectivity index (χ0n) is 9.02. The predicted molar refractivity (Wildman–Crippen MR) is 62.7 cm³/mol. The van der Waals surface area contributed by atoms with E-state index in [2.05, 4.69) is 10.9 Å². The highest BCUT2D eigenvalue weighted by Crippen LogP contribution is 2.09. The van der Waals surface area contributed by atoms with Crippen LogP contribution in [0.15, 0.2) is 34.3 Å². The summed E-state index contributed by atoms with van der Waals surface area (Å²) < 4.78 is 4.99. The average Bonchev–Trinajstić information content (AvgIpc) is 2.95. The molecule has 0 aliphatic rings. The number of hydrogen-bond acceptors (Lipinski definition) is 4. The molecule has 5 nitrogen and oxygen atoms in total. The summed E-state index contributed by atoms with van der Waals surface area (Å²) in [6, 6.07) is 4.98. The van der Waals surface area contributed by atoms with Crippen molar-refractivity contribution in [3.8, 4) is 0 Å². The molecule has 2 heterocycles. The molecule has 2 amide bonds. The summed E-state index contributed by atoms with van der Waals surface area (Å²) in [5.41, 5.74) is 5.05. The Bertz CT molecular complexity index is 531. The lowest BCUT2D eigenvalue weighted by Crippen LogP contribution is -2.41. The largest absolute Gasteiger partial charge is 0.469 e. The molecule has 2 rings (SSSR count). The Balaban J connectivity index is 1.93. The van der Waals surface area contributed by atoms with E-state index < -0.39 is 5.91 Å². The van der Waals surface area contributed by atoms with E-state index in [1.807, 2.05) is 0 Å². The first-order chi connectivity index (χ1) is 8.18. The van der Waals surface area contributed by atoms with Gasteiger partial charge in [-0.2, -0.15) is 0 Å². The first kappa shape index (κ1) is 11.4. The quantitative estimate of drug-likeness (QED) is 0.797. The number of furan rings is 1. The highest BCUT2D eigenvalue weighted by Gasteiger charge is 2.12. The van der Waals surface area contributed by atoms with Crippen molar-refractivity contribution >= 4 is 23.2 Å². The SMILES string of the molecule is Cc1occc1C(=O)NNC(=O)c1cccs1. The minimum atomic E-state index is -0.402. The number of nitrogens with one attached hydrogen (secondary N) is 2. The van der Waals surface area contributed by atoms with Crippen molar-refractivity contribution in [2.24, 2.45) is 0 Å². The van der Waals surface area contributed by atoms with E-state index in [-0.39, 0.29) is 5.91 Å². The molecule has 0 spiro atoms. The summed E-state index contributed by atoms with van der Waals surface area (Å²) in [4.78, 5) is 23.7. The van der Waals surface area contributed by atoms with Crippen LogP contribution in [-0.2, 0) is 0 Å². The standard InChI is InChI=1S/C11H10N2O3S/c1-7-8(4-5-16-7)10(14)12-13-11(15)9-3-2-6-17-9/h2-6H,1H3,(H,12,14)(H,13,15). The monoisotopic (exact) mass is 250 g/mol. The van der Waals surface area contributed by atoms with Crippen LogP contribution in [0.1, 0.15) is 25.8 Å². The van der Waals surface area contributed by atoms with Crippen LogP contribution in [0.25, 0.3) is 0 Å². The summed E-state index contributed by atoms with van der Waals surface area (Å²) in [5.74, 6) is -0.233. The van der Waals surface area contributed by atoms with Crippen molar-refractivity contribution in [2.45, 2.75) is 6.92 Å². The molecule has 0 unspecified atom stereocenters. The van der Waals surface area contributed by atoms with E-state index >= 15 is 0 Å². The lowest BCUT2D eigenvalue weighted by molar-refractivity contribution is 0.0848. The van der Waals surface area contributed by atoms with Gasteiger partial charge in [-0.05, 0) is 24.4 Å². The van der Waals surface area contributed by atoms with Gasteiger partial charge in [0.05, 0.1) is 16.7 Å². The van der Waals surface area contributed by atoms with Crippen LogP contribution in [0.4, 0.5) is 0 Å². The van der Waals surface area contributed by atoms with E-state index in [0.29, 0.717) is 16.2 Å². The molecule has 0 aliphatic carbocycles. The Kier molecular flexibility index (Phi) is 3.24. The Labute approximate surface area is 101 Å². The Morgan fingerprint density at radius 2 is 2.00 bits per heavy atom. The molecule has 6 heteroatoms. The highest BCUT2D eigenvalue weighted by molar-refractivity contribution is 7.12. The van der Waals surface area contributed by atoms with Crippen molar-refractivity contribution in [3.05, 3.63) is 46.0 Å². The molecule has 0 radical (unpaired) electrons. The predicted octanol–water partition coefficient (Wildman–Crippen LogP) is 1.72. The Hall–Kier alpha value is -2.08. The van der Waals surface area contributed by atoms with Crippen LogP contribution in [0.2, 0.25) is 0 Å². The number of carbonyl (C=O) groups excluding carboxylic acids is 2. The molecule has 0 aliphatic heterocycles. The van der Waals surface area contributed by atoms with Gasteiger partial charge < -0.3 is 4.42 Å². The number of amides is 2. The maximum absolute atomic E-state index is 11.6. The molecule has 0 fully saturated rings. The van der Waals surface area contributed by atoms with Crippen LogP contribution < -0.4 is 10.9 Å². The summed E-state index contributed by atoms with van der Waals surface area (Å²) in [6.07, 6.45) is 1.42. The number of rotatable bonds is 2. The first-order valence-corrected chi connectivity index (χ1v) is 5.74. The van der Waals surface area contributed by atoms with E-state index in [4.69, 9.17) is 4.42 Å². The maximum atomic E-state index is 11.6. The van der Waals surface area contributed by atoms with Gasteiger partial charge in [0.1, 0.15) is 5.76 Å². The topological polar surface area (TPSA) is 71.3 Å². The molecule has 0 bridgehead atoms. The third-order valence-corrected chi connectivity index (χ3v) is 3.01. The highest BCUT2D eigenvalue weighted by atomic mass is 32.1. The van der Waals surface area contributed by atoms with Gasteiger partial charge in [-0.25, -0.2) is 0 Å². The van der Waals surface area contributed by atoms with Crippen LogP contribution >= 0.6 is 11.3 Å². The van der Waals surface area contributed by atoms with E-state index in [9.17, 15) is 9.59 Å². The van der Waals surface area contributed by atoms with Crippen LogP contribution in [-0.4, -0.2) is 11.8 Å². The molecule has 2 aromatic rings. The van der Waals surface area contributed by atoms with E-state index in [0.717, 1.165) is 0 Å². The lowest BCUT2D eigenvalue weighted by atomic mass is 10.2. The van der Waals surface area contributed by atoms with Crippen molar-refractivity contribution in [2.75, 3.05) is 0 Å². The van der Waals surface area contributed by atoms with Gasteiger partial charge in [0, 0.05) is 0 Å². The smallest absolute Gasteiger partial charge is 0.279 e. The second-order valence-corrected chi connectivity index (χ2v) is 4.22. The normalized spacial score (nSPS) is 9.94. The van der Waals surface area contributed by atoms with Crippen LogP contribution in [0, 0.1) is 6.92 Å². The number of hydrogen-bond donors (Lipinski definition) is 2. The molecule has 0 saturated heterocycles. The molecule has 88 valence electrons. The van der Waals surface area contributed by atoms with Gasteiger partial charge in [-0.15, -0.1) is 11.3 Å². The van der Waals surface area contributed by atoms with Gasteiger partial charge >= 0.3 is 0 Å². The second kappa shape index (κ2) is 4.84. The van der Waals surface area contributed by atoms with Crippen molar-refractivity contribution in [1.82, 2.24) is 10.9 Å². The number of aryl methyl sites for hydroxylation is 1. The molecular formula is C11H10N2O3S. The average molecular weight is 250 g/mol. The maximum Gasteiger partial charge on any atom is 0.279 e. The van der Waals surface area contributed by atoms with Gasteiger partial charge in [-0.1, -0.05) is 6.07 Å². The Morgan fingerprint density at radius 1 is 1.24 bits per heavy atom. The zero-order valence-corrected chi connectivity index (χ0v) is 9.84. The lowest BCUT2D eigenvalue weighted by Gasteiger charge is -2.04. The van der Waals surface area contributed by atoms with E-state index in [1.54, 1.807) is 30.5 Å². The number of hydrazine groups is 1. The fraction of sp³-hybridized carbons (Fsp3) is 0.0909. The molecule has 2 N–H and O–H groups in total. The molecule has 17 heavy (non-hydrogen) atoms. The third-order valence-electron chi connectivity index (χ3n) is 2.14. The van der Waals surface area contributed by atoms with Crippen molar-refractivity contribution < 1.29 is 14.0 Å². The number of carbonyl (C=O) groups is 2. The zero-order chi connectivity index (χ0) is 12.3. The van der Waals surface area contributed by atoms with Crippen molar-refractivity contribution in [1.29, 1.82) is 0 Å². The van der Waals surface area contributed by atoms with E-state index in [1.165, 1.54) is 17.6 Å². The molecule has 0 atom stereocenters. The molecule has 0 saturated carbocycles. The fourth-order valence-corrected chi connectivity index (χ4v) is 1.89. The third kappa shape index (κ3) is 2.54. The van der Waals surface area contributed by atoms with Crippen LogP contribution in [0.3, 0.4) is 0 Å². The van der Waals surface area contributed by atoms with Gasteiger partial charge in [0.2, 0.25) is 0 Å². The van der Waals surface area contributed by atoms with Crippen molar-refractivity contribution in [3.63, 3.8) is 0 Å². The summed E-state index contributed by atoms with van der Waals surface area (Å²) in [7, 11) is 0. The summed E-state index contributed by atoms with van der Waals surface area (Å²) in [6.45, 7) is 1.68. The molecule has 0 aromatic carbocycles. The van der Waals surface area contributed by atoms with Gasteiger partial charge in [0.25, 0.3) is 11.8 Å². The summed E-state index contributed by atoms with van der Waals surface area (Å²) in [5, 5.41) is 1.79. The molecular weight excluding hydrogens is 240 g/mol. The minimum Gasteiger partial charge on any atom is -0.469 e. The van der Waals surface area contributed by atoms with Gasteiger partial charge in [-0.3, -0.25) is 20.4 Å². The molecule has 2 aromatic heterocycles. The minimum absolute atomic E-state index is 0.338. The second-order valence-electron chi connectivity index (χ2n) is 3.28. The summed E-state index contributed by atoms with van der Waals surface area (Å²) >= 11 is 1.30. The van der Waals surface area contributed by atoms with Crippen LogP contribution in [0.5, 0.6) is 0 Å².